The lowest BCUT2D eigenvalue weighted by atomic mass is 10.1. The average Bonchev–Trinajstić information content (AvgIpc) is 2.45. The van der Waals surface area contributed by atoms with Crippen molar-refractivity contribution >= 4 is 0 Å². The maximum atomic E-state index is 5.84. The Kier molecular flexibility index (Phi) is 1.82. The number of nitrogens with one attached hydrogen (secondary N) is 3. The molecule has 0 spiro atoms. The largest absolute Gasteiger partial charge is 0.314 e. The fraction of sp³-hybridized carbons (Fsp3) is 1.00. The molecule has 2 fully saturated rings. The molecule has 0 aromatic heterocycles. The first kappa shape index (κ1) is 7.45. The number of likely N-dealkylation sites (N-methyl/N-ethyl adjacent to an activating group) is 1. The predicted molar refractivity (Wildman–Crippen MR) is 42.5 cm³/mol. The van der Waals surface area contributed by atoms with Gasteiger partial charge in [-0.3, -0.25) is 20.9 Å². The summed E-state index contributed by atoms with van der Waals surface area (Å²) in [7, 11) is 2.08. The summed E-state index contributed by atoms with van der Waals surface area (Å²) in [5, 5.41) is 9.84. The molecule has 11 heavy (non-hydrogen) atoms. The van der Waals surface area contributed by atoms with Crippen LogP contribution in [-0.2, 0) is 0 Å². The smallest absolute Gasteiger partial charge is 0.0802 e. The molecule has 2 saturated heterocycles. The van der Waals surface area contributed by atoms with Gasteiger partial charge in [-0.15, -0.1) is 0 Å². The normalized spacial score (nSPS) is 45.8. The van der Waals surface area contributed by atoms with Crippen LogP contribution in [0.5, 0.6) is 0 Å². The summed E-state index contributed by atoms with van der Waals surface area (Å²) >= 11 is 0. The van der Waals surface area contributed by atoms with Crippen LogP contribution in [-0.4, -0.2) is 43.7 Å². The van der Waals surface area contributed by atoms with Gasteiger partial charge in [0, 0.05) is 6.67 Å². The van der Waals surface area contributed by atoms with E-state index in [0.717, 1.165) is 13.3 Å². The Balaban J connectivity index is 2.08. The first-order chi connectivity index (χ1) is 5.29. The van der Waals surface area contributed by atoms with Gasteiger partial charge in [-0.1, -0.05) is 0 Å². The van der Waals surface area contributed by atoms with Crippen molar-refractivity contribution in [3.05, 3.63) is 0 Å². The molecule has 5 heteroatoms. The fourth-order valence-electron chi connectivity index (χ4n) is 1.75. The summed E-state index contributed by atoms with van der Waals surface area (Å²) in [4.78, 5) is 2.22. The van der Waals surface area contributed by atoms with Crippen LogP contribution in [0, 0.1) is 0 Å². The van der Waals surface area contributed by atoms with E-state index in [4.69, 9.17) is 5.73 Å². The number of nitrogens with zero attached hydrogens (tertiary/aromatic N) is 1. The van der Waals surface area contributed by atoms with Gasteiger partial charge < -0.3 is 5.73 Å². The number of hydrogen-bond acceptors (Lipinski definition) is 5. The summed E-state index contributed by atoms with van der Waals surface area (Å²) < 4.78 is 0. The Morgan fingerprint density at radius 2 is 2.18 bits per heavy atom. The molecule has 0 radical (unpaired) electrons. The monoisotopic (exact) mass is 157 g/mol. The van der Waals surface area contributed by atoms with E-state index in [1.807, 2.05) is 0 Å². The van der Waals surface area contributed by atoms with E-state index in [1.54, 1.807) is 0 Å². The Bertz CT molecular complexity index is 134. The van der Waals surface area contributed by atoms with Crippen molar-refractivity contribution in [2.24, 2.45) is 5.73 Å². The van der Waals surface area contributed by atoms with Gasteiger partial charge in [0.05, 0.1) is 25.0 Å². The van der Waals surface area contributed by atoms with Crippen molar-refractivity contribution in [3.63, 3.8) is 0 Å². The van der Waals surface area contributed by atoms with Crippen LogP contribution < -0.4 is 21.7 Å². The number of nitrogens with two attached hydrogens (primary N) is 1. The second kappa shape index (κ2) is 2.69. The van der Waals surface area contributed by atoms with Crippen LogP contribution in [0.2, 0.25) is 0 Å². The zero-order valence-electron chi connectivity index (χ0n) is 6.67. The minimum atomic E-state index is 0.0752. The summed E-state index contributed by atoms with van der Waals surface area (Å²) in [5.41, 5.74) is 5.84. The zero-order chi connectivity index (χ0) is 7.84. The average molecular weight is 157 g/mol. The lowest BCUT2D eigenvalue weighted by Gasteiger charge is -2.38. The highest BCUT2D eigenvalue weighted by Crippen LogP contribution is 2.09. The number of rotatable bonds is 0. The molecule has 0 saturated carbocycles. The van der Waals surface area contributed by atoms with E-state index in [-0.39, 0.29) is 6.17 Å². The van der Waals surface area contributed by atoms with Crippen molar-refractivity contribution in [1.82, 2.24) is 20.9 Å². The third kappa shape index (κ3) is 1.15. The topological polar surface area (TPSA) is 65.3 Å². The van der Waals surface area contributed by atoms with Crippen molar-refractivity contribution in [2.75, 3.05) is 20.4 Å². The van der Waals surface area contributed by atoms with E-state index < -0.39 is 0 Å². The lowest BCUT2D eigenvalue weighted by Crippen LogP contribution is -2.67. The second-order valence-electron chi connectivity index (χ2n) is 3.20. The number of hydrogen-bond donors (Lipinski definition) is 4. The van der Waals surface area contributed by atoms with Crippen molar-refractivity contribution < 1.29 is 0 Å². The van der Waals surface area contributed by atoms with Gasteiger partial charge in [0.2, 0.25) is 0 Å². The predicted octanol–water partition coefficient (Wildman–Crippen LogP) is -2.39. The van der Waals surface area contributed by atoms with E-state index in [0.29, 0.717) is 12.2 Å². The second-order valence-corrected chi connectivity index (χ2v) is 3.20. The minimum Gasteiger partial charge on any atom is -0.314 e. The fourth-order valence-corrected chi connectivity index (χ4v) is 1.75. The van der Waals surface area contributed by atoms with E-state index in [1.165, 1.54) is 0 Å². The SMILES string of the molecule is CN1CN[C@H](N)C2NCNC21. The molecule has 2 aliphatic rings. The van der Waals surface area contributed by atoms with Gasteiger partial charge in [-0.25, -0.2) is 0 Å². The van der Waals surface area contributed by atoms with Crippen molar-refractivity contribution in [2.45, 2.75) is 18.4 Å². The first-order valence-electron chi connectivity index (χ1n) is 3.95. The van der Waals surface area contributed by atoms with Crippen LogP contribution in [0.25, 0.3) is 0 Å². The van der Waals surface area contributed by atoms with Gasteiger partial charge in [0.15, 0.2) is 0 Å². The van der Waals surface area contributed by atoms with Crippen LogP contribution in [0.15, 0.2) is 0 Å². The molecule has 0 aliphatic carbocycles. The maximum absolute atomic E-state index is 5.84. The van der Waals surface area contributed by atoms with E-state index in [2.05, 4.69) is 27.9 Å². The lowest BCUT2D eigenvalue weighted by molar-refractivity contribution is 0.117. The molecule has 5 N–H and O–H groups in total. The van der Waals surface area contributed by atoms with Crippen LogP contribution in [0.1, 0.15) is 0 Å². The van der Waals surface area contributed by atoms with Crippen molar-refractivity contribution in [1.29, 1.82) is 0 Å². The third-order valence-electron chi connectivity index (χ3n) is 2.43. The number of fused-ring (bicyclic) bond motifs is 1. The van der Waals surface area contributed by atoms with E-state index in [9.17, 15) is 0 Å². The van der Waals surface area contributed by atoms with Crippen LogP contribution in [0.3, 0.4) is 0 Å². The van der Waals surface area contributed by atoms with E-state index >= 15 is 0 Å². The standard InChI is InChI=1S/C6H15N5/c1-11-3-10-5(7)4-6(11)9-2-8-4/h4-6,8-10H,2-3,7H2,1H3/t4?,5-,6?/m0/s1. The third-order valence-corrected chi connectivity index (χ3v) is 2.43. The molecule has 0 aromatic rings. The highest BCUT2D eigenvalue weighted by atomic mass is 15.4. The van der Waals surface area contributed by atoms with Gasteiger partial charge in [0.1, 0.15) is 0 Å². The molecular weight excluding hydrogens is 142 g/mol. The maximum Gasteiger partial charge on any atom is 0.0802 e. The zero-order valence-corrected chi connectivity index (χ0v) is 6.67. The first-order valence-corrected chi connectivity index (χ1v) is 3.95. The molecule has 2 rings (SSSR count). The highest BCUT2D eigenvalue weighted by molar-refractivity contribution is 4.95. The molecule has 2 aliphatic heterocycles. The van der Waals surface area contributed by atoms with Crippen molar-refractivity contribution in [3.8, 4) is 0 Å². The Labute approximate surface area is 66.3 Å². The molecule has 0 bridgehead atoms. The van der Waals surface area contributed by atoms with Gasteiger partial charge >= 0.3 is 0 Å². The van der Waals surface area contributed by atoms with Crippen LogP contribution in [0.4, 0.5) is 0 Å². The summed E-state index contributed by atoms with van der Waals surface area (Å²) in [6, 6.07) is 0.341. The van der Waals surface area contributed by atoms with Gasteiger partial charge in [0.25, 0.3) is 0 Å². The van der Waals surface area contributed by atoms with Crippen LogP contribution >= 0.6 is 0 Å². The molecule has 2 heterocycles. The minimum absolute atomic E-state index is 0.0752. The summed E-state index contributed by atoms with van der Waals surface area (Å²) in [5.74, 6) is 0. The summed E-state index contributed by atoms with van der Waals surface area (Å²) in [6.45, 7) is 1.71. The Hall–Kier alpha value is -0.200. The Morgan fingerprint density at radius 1 is 1.36 bits per heavy atom. The molecule has 0 amide bonds. The Morgan fingerprint density at radius 3 is 2.91 bits per heavy atom. The molecule has 5 nitrogen and oxygen atoms in total. The quantitative estimate of drug-likeness (QED) is 0.316. The van der Waals surface area contributed by atoms with Gasteiger partial charge in [-0.2, -0.15) is 0 Å². The molecule has 3 atom stereocenters. The summed E-state index contributed by atoms with van der Waals surface area (Å²) in [6.07, 6.45) is 0.470. The molecule has 2 unspecified atom stereocenters. The highest BCUT2D eigenvalue weighted by Gasteiger charge is 2.37. The van der Waals surface area contributed by atoms with Gasteiger partial charge in [-0.05, 0) is 7.05 Å². The molecular formula is C6H15N5. The molecule has 64 valence electrons. The molecule has 0 aromatic carbocycles.